The molecule has 1 heterocycles. The molecule has 3 rings (SSSR count). The van der Waals surface area contributed by atoms with Crippen molar-refractivity contribution in [2.45, 2.75) is 110 Å². The molecule has 2 aliphatic carbocycles. The van der Waals surface area contributed by atoms with Crippen molar-refractivity contribution in [1.29, 1.82) is 0 Å². The van der Waals surface area contributed by atoms with E-state index in [0.717, 1.165) is 45.2 Å². The SMILES string of the molecule is COC1CC(C(=O)N2CCC(C3CCCC(CNC(=O)OC(C)(C)C)C3)CC2)CCC1C(C)(C)OC. The fourth-order valence-corrected chi connectivity index (χ4v) is 6.90. The smallest absolute Gasteiger partial charge is 0.407 e. The maximum absolute atomic E-state index is 13.4. The molecule has 208 valence electrons. The number of ether oxygens (including phenoxy) is 3. The Balaban J connectivity index is 1.44. The molecule has 3 fully saturated rings. The lowest BCUT2D eigenvalue weighted by Gasteiger charge is -2.44. The van der Waals surface area contributed by atoms with Crippen LogP contribution in [0.15, 0.2) is 0 Å². The van der Waals surface area contributed by atoms with Gasteiger partial charge in [0, 0.05) is 45.7 Å². The Morgan fingerprint density at radius 3 is 2.19 bits per heavy atom. The molecule has 3 aliphatic rings. The first kappa shape index (κ1) is 29.2. The van der Waals surface area contributed by atoms with Crippen LogP contribution in [0.5, 0.6) is 0 Å². The summed E-state index contributed by atoms with van der Waals surface area (Å²) < 4.78 is 17.0. The van der Waals surface area contributed by atoms with Gasteiger partial charge in [0.1, 0.15) is 5.60 Å². The van der Waals surface area contributed by atoms with Crippen molar-refractivity contribution < 1.29 is 23.8 Å². The molecule has 1 N–H and O–H groups in total. The Kier molecular flexibility index (Phi) is 10.1. The molecule has 7 heteroatoms. The number of piperidine rings is 1. The molecule has 1 aliphatic heterocycles. The normalized spacial score (nSPS) is 30.6. The highest BCUT2D eigenvalue weighted by Gasteiger charge is 2.43. The van der Waals surface area contributed by atoms with Gasteiger partial charge < -0.3 is 24.4 Å². The van der Waals surface area contributed by atoms with Gasteiger partial charge in [0.05, 0.1) is 11.7 Å². The lowest BCUT2D eigenvalue weighted by Crippen LogP contribution is -2.49. The number of amides is 2. The first-order valence-electron chi connectivity index (χ1n) is 14.3. The van der Waals surface area contributed by atoms with Crippen LogP contribution in [0.25, 0.3) is 0 Å². The third kappa shape index (κ3) is 7.83. The molecule has 7 nitrogen and oxygen atoms in total. The fraction of sp³-hybridized carbons (Fsp3) is 0.931. The van der Waals surface area contributed by atoms with E-state index in [1.54, 1.807) is 14.2 Å². The van der Waals surface area contributed by atoms with Crippen molar-refractivity contribution in [1.82, 2.24) is 10.2 Å². The van der Waals surface area contributed by atoms with Gasteiger partial charge in [-0.05, 0) is 97.3 Å². The van der Waals surface area contributed by atoms with Crippen LogP contribution >= 0.6 is 0 Å². The van der Waals surface area contributed by atoms with Gasteiger partial charge in [-0.3, -0.25) is 4.79 Å². The minimum atomic E-state index is -0.463. The van der Waals surface area contributed by atoms with Crippen LogP contribution in [0.4, 0.5) is 4.79 Å². The topological polar surface area (TPSA) is 77.1 Å². The molecule has 2 saturated carbocycles. The predicted molar refractivity (Wildman–Crippen MR) is 142 cm³/mol. The van der Waals surface area contributed by atoms with Gasteiger partial charge in [-0.1, -0.05) is 12.8 Å². The third-order valence-corrected chi connectivity index (χ3v) is 9.14. The highest BCUT2D eigenvalue weighted by molar-refractivity contribution is 5.79. The third-order valence-electron chi connectivity index (χ3n) is 9.14. The molecule has 0 radical (unpaired) electrons. The zero-order valence-corrected chi connectivity index (χ0v) is 23.9. The van der Waals surface area contributed by atoms with Crippen molar-refractivity contribution >= 4 is 12.0 Å². The molecule has 36 heavy (non-hydrogen) atoms. The number of rotatable bonds is 7. The number of carbonyl (C=O) groups excluding carboxylic acids is 2. The standard InChI is InChI=1S/C29H52N2O5/c1-28(2,3)36-27(33)30-19-20-9-8-10-22(17-20)21-13-15-31(16-14-21)26(32)23-11-12-24(25(18-23)34-6)29(4,5)35-7/h20-25H,8-19H2,1-7H3,(H,30,33). The van der Waals surface area contributed by atoms with Gasteiger partial charge >= 0.3 is 6.09 Å². The summed E-state index contributed by atoms with van der Waals surface area (Å²) in [6, 6.07) is 0. The fourth-order valence-electron chi connectivity index (χ4n) is 6.90. The van der Waals surface area contributed by atoms with Crippen molar-refractivity contribution in [3.8, 4) is 0 Å². The van der Waals surface area contributed by atoms with Gasteiger partial charge in [-0.15, -0.1) is 0 Å². The summed E-state index contributed by atoms with van der Waals surface area (Å²) in [4.78, 5) is 27.6. The zero-order chi connectivity index (χ0) is 26.5. The summed E-state index contributed by atoms with van der Waals surface area (Å²) in [6.07, 6.45) is 9.47. The Morgan fingerprint density at radius 1 is 0.889 bits per heavy atom. The molecule has 0 spiro atoms. The lowest BCUT2D eigenvalue weighted by molar-refractivity contribution is -0.147. The number of likely N-dealkylation sites (tertiary alicyclic amines) is 1. The number of hydrogen-bond acceptors (Lipinski definition) is 5. The number of carbonyl (C=O) groups is 2. The van der Waals surface area contributed by atoms with Crippen LogP contribution in [0, 0.1) is 29.6 Å². The van der Waals surface area contributed by atoms with E-state index >= 15 is 0 Å². The monoisotopic (exact) mass is 508 g/mol. The number of hydrogen-bond donors (Lipinski definition) is 1. The molecule has 2 amide bonds. The van der Waals surface area contributed by atoms with E-state index in [1.807, 2.05) is 20.8 Å². The summed E-state index contributed by atoms with van der Waals surface area (Å²) in [5, 5.41) is 2.98. The van der Waals surface area contributed by atoms with Crippen molar-refractivity contribution in [2.24, 2.45) is 29.6 Å². The van der Waals surface area contributed by atoms with Gasteiger partial charge in [0.15, 0.2) is 0 Å². The Hall–Kier alpha value is -1.34. The molecule has 5 unspecified atom stereocenters. The van der Waals surface area contributed by atoms with Crippen molar-refractivity contribution in [2.75, 3.05) is 33.9 Å². The summed E-state index contributed by atoms with van der Waals surface area (Å²) in [6.45, 7) is 12.4. The van der Waals surface area contributed by atoms with Crippen LogP contribution in [0.2, 0.25) is 0 Å². The quantitative estimate of drug-likeness (QED) is 0.497. The van der Waals surface area contributed by atoms with E-state index in [4.69, 9.17) is 14.2 Å². The average molecular weight is 509 g/mol. The molecular formula is C29H52N2O5. The van der Waals surface area contributed by atoms with E-state index in [9.17, 15) is 9.59 Å². The second kappa shape index (κ2) is 12.5. The van der Waals surface area contributed by atoms with Crippen LogP contribution in [0.1, 0.15) is 92.4 Å². The molecule has 0 aromatic rings. The van der Waals surface area contributed by atoms with E-state index in [1.165, 1.54) is 25.7 Å². The maximum atomic E-state index is 13.4. The number of nitrogens with one attached hydrogen (secondary N) is 1. The summed E-state index contributed by atoms with van der Waals surface area (Å²) in [7, 11) is 3.53. The second-order valence-corrected chi connectivity index (χ2v) is 13.0. The van der Waals surface area contributed by atoms with Crippen molar-refractivity contribution in [3.05, 3.63) is 0 Å². The molecule has 0 aromatic carbocycles. The first-order chi connectivity index (χ1) is 16.9. The first-order valence-corrected chi connectivity index (χ1v) is 14.3. The van der Waals surface area contributed by atoms with Gasteiger partial charge in [0.2, 0.25) is 5.91 Å². The molecule has 0 aromatic heterocycles. The van der Waals surface area contributed by atoms with E-state index < -0.39 is 5.60 Å². The number of nitrogens with zero attached hydrogens (tertiary/aromatic N) is 1. The minimum Gasteiger partial charge on any atom is -0.444 e. The van der Waals surface area contributed by atoms with Crippen LogP contribution < -0.4 is 5.32 Å². The van der Waals surface area contributed by atoms with Crippen molar-refractivity contribution in [3.63, 3.8) is 0 Å². The maximum Gasteiger partial charge on any atom is 0.407 e. The highest BCUT2D eigenvalue weighted by Crippen LogP contribution is 2.41. The van der Waals surface area contributed by atoms with Gasteiger partial charge in [0.25, 0.3) is 0 Å². The van der Waals surface area contributed by atoms with Crippen LogP contribution in [0.3, 0.4) is 0 Å². The van der Waals surface area contributed by atoms with E-state index in [-0.39, 0.29) is 23.7 Å². The summed E-state index contributed by atoms with van der Waals surface area (Å²) in [5.41, 5.74) is -0.706. The van der Waals surface area contributed by atoms with Crippen LogP contribution in [-0.4, -0.2) is 68.1 Å². The highest BCUT2D eigenvalue weighted by atomic mass is 16.6. The molecule has 5 atom stereocenters. The number of methoxy groups -OCH3 is 2. The molecule has 0 bridgehead atoms. The summed E-state index contributed by atoms with van der Waals surface area (Å²) in [5.74, 6) is 2.61. The molecule has 1 saturated heterocycles. The number of alkyl carbamates (subject to hydrolysis) is 1. The Morgan fingerprint density at radius 2 is 1.58 bits per heavy atom. The predicted octanol–water partition coefficient (Wildman–Crippen LogP) is 5.41. The Labute approximate surface area is 219 Å². The molecular weight excluding hydrogens is 456 g/mol. The van der Waals surface area contributed by atoms with Crippen LogP contribution in [-0.2, 0) is 19.0 Å². The van der Waals surface area contributed by atoms with E-state index in [0.29, 0.717) is 36.1 Å². The average Bonchev–Trinajstić information content (AvgIpc) is 2.86. The van der Waals surface area contributed by atoms with Gasteiger partial charge in [-0.2, -0.15) is 0 Å². The Bertz CT molecular complexity index is 726. The lowest BCUT2D eigenvalue weighted by atomic mass is 9.71. The minimum absolute atomic E-state index is 0.0633. The van der Waals surface area contributed by atoms with Gasteiger partial charge in [-0.25, -0.2) is 4.79 Å². The second-order valence-electron chi connectivity index (χ2n) is 13.0. The van der Waals surface area contributed by atoms with E-state index in [2.05, 4.69) is 24.1 Å². The zero-order valence-electron chi connectivity index (χ0n) is 23.9. The largest absolute Gasteiger partial charge is 0.444 e. The summed E-state index contributed by atoms with van der Waals surface area (Å²) >= 11 is 0.